The van der Waals surface area contributed by atoms with Gasteiger partial charge in [-0.1, -0.05) is 32.6 Å². The van der Waals surface area contributed by atoms with E-state index in [9.17, 15) is 4.79 Å². The highest BCUT2D eigenvalue weighted by atomic mass is 16.2. The molecule has 1 rings (SSSR count). The fourth-order valence-electron chi connectivity index (χ4n) is 2.63. The van der Waals surface area contributed by atoms with E-state index in [4.69, 9.17) is 5.73 Å². The summed E-state index contributed by atoms with van der Waals surface area (Å²) in [5, 5.41) is 0. The standard InChI is InChI=1S/C13H26N2O/c1-3-8-12(14)13(16)15(4-2)11-9-6-5-7-10-11/h11-12H,3-10,14H2,1-2H3/t12-/m0/s1. The number of hydrogen-bond acceptors (Lipinski definition) is 2. The van der Waals surface area contributed by atoms with Crippen molar-refractivity contribution >= 4 is 5.91 Å². The SMILES string of the molecule is CCC[C@H](N)C(=O)N(CC)C1CCCCC1. The lowest BCUT2D eigenvalue weighted by Gasteiger charge is -2.35. The summed E-state index contributed by atoms with van der Waals surface area (Å²) in [7, 11) is 0. The van der Waals surface area contributed by atoms with E-state index >= 15 is 0 Å². The van der Waals surface area contributed by atoms with Gasteiger partial charge in [-0.05, 0) is 26.2 Å². The number of amides is 1. The van der Waals surface area contributed by atoms with Crippen molar-refractivity contribution in [3.8, 4) is 0 Å². The Balaban J connectivity index is 2.54. The Bertz CT molecular complexity index is 212. The minimum atomic E-state index is -0.285. The van der Waals surface area contributed by atoms with Gasteiger partial charge in [0.25, 0.3) is 0 Å². The number of hydrogen-bond donors (Lipinski definition) is 1. The van der Waals surface area contributed by atoms with E-state index in [1.165, 1.54) is 32.1 Å². The van der Waals surface area contributed by atoms with Crippen molar-refractivity contribution in [2.75, 3.05) is 6.54 Å². The van der Waals surface area contributed by atoms with Crippen molar-refractivity contribution < 1.29 is 4.79 Å². The van der Waals surface area contributed by atoms with E-state index in [1.807, 2.05) is 4.90 Å². The van der Waals surface area contributed by atoms with E-state index in [1.54, 1.807) is 0 Å². The van der Waals surface area contributed by atoms with Crippen molar-refractivity contribution in [2.24, 2.45) is 5.73 Å². The van der Waals surface area contributed by atoms with Crippen LogP contribution < -0.4 is 5.73 Å². The lowest BCUT2D eigenvalue weighted by molar-refractivity contribution is -0.135. The monoisotopic (exact) mass is 226 g/mol. The average molecular weight is 226 g/mol. The molecular formula is C13H26N2O. The average Bonchev–Trinajstić information content (AvgIpc) is 2.31. The molecule has 0 unspecified atom stereocenters. The van der Waals surface area contributed by atoms with E-state index < -0.39 is 0 Å². The normalized spacial score (nSPS) is 19.4. The van der Waals surface area contributed by atoms with Crippen molar-refractivity contribution in [2.45, 2.75) is 70.9 Å². The van der Waals surface area contributed by atoms with Crippen LogP contribution in [0.3, 0.4) is 0 Å². The third kappa shape index (κ3) is 3.48. The molecule has 3 nitrogen and oxygen atoms in total. The van der Waals surface area contributed by atoms with Crippen molar-refractivity contribution in [3.05, 3.63) is 0 Å². The van der Waals surface area contributed by atoms with E-state index in [0.717, 1.165) is 19.4 Å². The summed E-state index contributed by atoms with van der Waals surface area (Å²) in [5.41, 5.74) is 5.92. The molecule has 0 aromatic rings. The van der Waals surface area contributed by atoms with Crippen LogP contribution in [-0.4, -0.2) is 29.4 Å². The zero-order chi connectivity index (χ0) is 12.0. The summed E-state index contributed by atoms with van der Waals surface area (Å²) in [6.07, 6.45) is 7.96. The molecule has 1 fully saturated rings. The maximum absolute atomic E-state index is 12.2. The molecule has 0 bridgehead atoms. The maximum Gasteiger partial charge on any atom is 0.239 e. The third-order valence-electron chi connectivity index (χ3n) is 3.56. The molecule has 3 heteroatoms. The van der Waals surface area contributed by atoms with E-state index in [2.05, 4.69) is 13.8 Å². The Hall–Kier alpha value is -0.570. The second-order valence-electron chi connectivity index (χ2n) is 4.81. The van der Waals surface area contributed by atoms with Gasteiger partial charge in [0, 0.05) is 12.6 Å². The van der Waals surface area contributed by atoms with Crippen LogP contribution in [-0.2, 0) is 4.79 Å². The number of nitrogens with zero attached hydrogens (tertiary/aromatic N) is 1. The second kappa shape index (κ2) is 6.89. The first-order chi connectivity index (χ1) is 7.70. The Morgan fingerprint density at radius 2 is 1.94 bits per heavy atom. The minimum Gasteiger partial charge on any atom is -0.339 e. The molecule has 0 radical (unpaired) electrons. The molecule has 2 N–H and O–H groups in total. The molecule has 1 atom stereocenters. The highest BCUT2D eigenvalue weighted by Crippen LogP contribution is 2.23. The summed E-state index contributed by atoms with van der Waals surface area (Å²) < 4.78 is 0. The second-order valence-corrected chi connectivity index (χ2v) is 4.81. The summed E-state index contributed by atoms with van der Waals surface area (Å²) in [6, 6.07) is 0.168. The zero-order valence-electron chi connectivity index (χ0n) is 10.7. The number of rotatable bonds is 5. The molecule has 94 valence electrons. The lowest BCUT2D eigenvalue weighted by Crippen LogP contribution is -2.49. The van der Waals surface area contributed by atoms with Gasteiger partial charge >= 0.3 is 0 Å². The van der Waals surface area contributed by atoms with Crippen LogP contribution in [0.15, 0.2) is 0 Å². The summed E-state index contributed by atoms with van der Waals surface area (Å²) in [5.74, 6) is 0.163. The van der Waals surface area contributed by atoms with Crippen LogP contribution in [0.4, 0.5) is 0 Å². The van der Waals surface area contributed by atoms with Crippen LogP contribution in [0.25, 0.3) is 0 Å². The van der Waals surface area contributed by atoms with E-state index in [-0.39, 0.29) is 11.9 Å². The van der Waals surface area contributed by atoms with Crippen molar-refractivity contribution in [1.82, 2.24) is 4.90 Å². The zero-order valence-corrected chi connectivity index (χ0v) is 10.7. The molecule has 0 aromatic heterocycles. The predicted octanol–water partition coefficient (Wildman–Crippen LogP) is 2.29. The molecular weight excluding hydrogens is 200 g/mol. The summed E-state index contributed by atoms with van der Waals surface area (Å²) in [6.45, 7) is 4.94. The van der Waals surface area contributed by atoms with Gasteiger partial charge in [0.2, 0.25) is 5.91 Å². The van der Waals surface area contributed by atoms with Crippen LogP contribution in [0.2, 0.25) is 0 Å². The van der Waals surface area contributed by atoms with Gasteiger partial charge in [0.1, 0.15) is 0 Å². The van der Waals surface area contributed by atoms with Gasteiger partial charge in [-0.25, -0.2) is 0 Å². The summed E-state index contributed by atoms with van der Waals surface area (Å²) in [4.78, 5) is 14.2. The molecule has 1 aliphatic carbocycles. The Morgan fingerprint density at radius 3 is 2.44 bits per heavy atom. The summed E-state index contributed by atoms with van der Waals surface area (Å²) >= 11 is 0. The minimum absolute atomic E-state index is 0.163. The van der Waals surface area contributed by atoms with Gasteiger partial charge in [0.05, 0.1) is 6.04 Å². The van der Waals surface area contributed by atoms with Crippen molar-refractivity contribution in [3.63, 3.8) is 0 Å². The first-order valence-electron chi connectivity index (χ1n) is 6.76. The molecule has 0 spiro atoms. The Kier molecular flexibility index (Phi) is 5.81. The van der Waals surface area contributed by atoms with Crippen LogP contribution >= 0.6 is 0 Å². The maximum atomic E-state index is 12.2. The van der Waals surface area contributed by atoms with Crippen LogP contribution in [0, 0.1) is 0 Å². The molecule has 1 amide bonds. The smallest absolute Gasteiger partial charge is 0.239 e. The molecule has 0 heterocycles. The van der Waals surface area contributed by atoms with Crippen LogP contribution in [0.5, 0.6) is 0 Å². The van der Waals surface area contributed by atoms with Gasteiger partial charge in [0.15, 0.2) is 0 Å². The Labute approximate surface area is 99.4 Å². The molecule has 0 aromatic carbocycles. The number of carbonyl (C=O) groups is 1. The van der Waals surface area contributed by atoms with Gasteiger partial charge in [-0.15, -0.1) is 0 Å². The first kappa shape index (κ1) is 13.5. The van der Waals surface area contributed by atoms with Gasteiger partial charge in [-0.2, -0.15) is 0 Å². The topological polar surface area (TPSA) is 46.3 Å². The predicted molar refractivity (Wildman–Crippen MR) is 67.1 cm³/mol. The highest BCUT2D eigenvalue weighted by Gasteiger charge is 2.26. The molecule has 16 heavy (non-hydrogen) atoms. The fraction of sp³-hybridized carbons (Fsp3) is 0.923. The molecule has 1 aliphatic rings. The van der Waals surface area contributed by atoms with Gasteiger partial charge in [-0.3, -0.25) is 4.79 Å². The van der Waals surface area contributed by atoms with Crippen LogP contribution in [0.1, 0.15) is 58.8 Å². The largest absolute Gasteiger partial charge is 0.339 e. The molecule has 1 saturated carbocycles. The van der Waals surface area contributed by atoms with Gasteiger partial charge < -0.3 is 10.6 Å². The number of likely N-dealkylation sites (N-methyl/N-ethyl adjacent to an activating group) is 1. The highest BCUT2D eigenvalue weighted by molar-refractivity contribution is 5.81. The number of nitrogens with two attached hydrogens (primary N) is 1. The fourth-order valence-corrected chi connectivity index (χ4v) is 2.63. The number of carbonyl (C=O) groups excluding carboxylic acids is 1. The van der Waals surface area contributed by atoms with Crippen molar-refractivity contribution in [1.29, 1.82) is 0 Å². The quantitative estimate of drug-likeness (QED) is 0.782. The lowest BCUT2D eigenvalue weighted by atomic mass is 9.93. The van der Waals surface area contributed by atoms with E-state index in [0.29, 0.717) is 6.04 Å². The third-order valence-corrected chi connectivity index (χ3v) is 3.56. The Morgan fingerprint density at radius 1 is 1.31 bits per heavy atom. The molecule has 0 saturated heterocycles. The molecule has 0 aliphatic heterocycles. The first-order valence-corrected chi connectivity index (χ1v) is 6.76.